The molecule has 22 heavy (non-hydrogen) atoms. The second kappa shape index (κ2) is 5.69. The maximum Gasteiger partial charge on any atom is 0.272 e. The molecule has 116 valence electrons. The lowest BCUT2D eigenvalue weighted by Crippen LogP contribution is -2.34. The first-order valence-corrected chi connectivity index (χ1v) is 6.54. The van der Waals surface area contributed by atoms with Crippen LogP contribution in [0.25, 0.3) is 0 Å². The molecule has 0 saturated heterocycles. The van der Waals surface area contributed by atoms with Gasteiger partial charge in [0, 0.05) is 14.1 Å². The minimum absolute atomic E-state index is 0.0682. The van der Waals surface area contributed by atoms with E-state index >= 15 is 0 Å². The summed E-state index contributed by atoms with van der Waals surface area (Å²) in [6, 6.07) is 2.79. The van der Waals surface area contributed by atoms with Crippen LogP contribution < -0.4 is 20.9 Å². The fourth-order valence-electron chi connectivity index (χ4n) is 1.91. The van der Waals surface area contributed by atoms with Gasteiger partial charge in [-0.05, 0) is 12.1 Å². The molecule has 0 atom stereocenters. The van der Waals surface area contributed by atoms with E-state index in [1.165, 1.54) is 38.2 Å². The lowest BCUT2D eigenvalue weighted by Gasteiger charge is -2.17. The fraction of sp³-hybridized carbons (Fsp3) is 0.214. The van der Waals surface area contributed by atoms with Crippen molar-refractivity contribution in [1.82, 2.24) is 4.90 Å². The van der Waals surface area contributed by atoms with Gasteiger partial charge >= 0.3 is 0 Å². The monoisotopic (exact) mass is 324 g/mol. The molecule has 2 aromatic rings. The number of carbonyl (C=O) groups is 1. The first-order valence-electron chi connectivity index (χ1n) is 6.17. The van der Waals surface area contributed by atoms with Crippen LogP contribution in [0.5, 0.6) is 11.5 Å². The topological polar surface area (TPSA) is 95.9 Å². The molecule has 8 heteroatoms. The molecule has 7 nitrogen and oxygen atoms in total. The van der Waals surface area contributed by atoms with Crippen molar-refractivity contribution >= 4 is 28.9 Å². The second-order valence-corrected chi connectivity index (χ2v) is 5.12. The number of nitrogens with one attached hydrogen (secondary N) is 1. The maximum atomic E-state index is 12.0. The number of carbonyl (C=O) groups excluding carboxylic acids is 1. The Kier molecular flexibility index (Phi) is 4.09. The summed E-state index contributed by atoms with van der Waals surface area (Å²) in [5.41, 5.74) is -1.61. The number of halogens is 1. The van der Waals surface area contributed by atoms with Crippen LogP contribution in [0.3, 0.4) is 0 Å². The van der Waals surface area contributed by atoms with Crippen LogP contribution in [0.15, 0.2) is 21.7 Å². The average Bonchev–Trinajstić information content (AvgIpc) is 2.48. The number of hydrogen-bond acceptors (Lipinski definition) is 6. The Morgan fingerprint density at radius 2 is 1.91 bits per heavy atom. The van der Waals surface area contributed by atoms with Crippen LogP contribution in [-0.4, -0.2) is 37.1 Å². The Bertz CT molecular complexity index is 821. The summed E-state index contributed by atoms with van der Waals surface area (Å²) in [4.78, 5) is 36.1. The molecule has 0 bridgehead atoms. The summed E-state index contributed by atoms with van der Waals surface area (Å²) in [7, 11) is 4.28. The van der Waals surface area contributed by atoms with Crippen molar-refractivity contribution in [3.8, 4) is 11.5 Å². The summed E-state index contributed by atoms with van der Waals surface area (Å²) >= 11 is 5.94. The van der Waals surface area contributed by atoms with Crippen LogP contribution in [0.2, 0.25) is 5.02 Å². The van der Waals surface area contributed by atoms with Crippen molar-refractivity contribution in [3.63, 3.8) is 0 Å². The van der Waals surface area contributed by atoms with Gasteiger partial charge in [-0.2, -0.15) is 0 Å². The van der Waals surface area contributed by atoms with E-state index in [0.717, 1.165) is 0 Å². The standard InChI is InChI=1S/C14H13ClN2O5/c1-17(2)14(21)8-6(15)4-5-7(10(8)18)16-9-11(19)12(20)13(9)22-3/h4-5,16,18H,1-3H3. The first kappa shape index (κ1) is 15.8. The van der Waals surface area contributed by atoms with E-state index in [-0.39, 0.29) is 27.7 Å². The van der Waals surface area contributed by atoms with E-state index < -0.39 is 22.5 Å². The highest BCUT2D eigenvalue weighted by Gasteiger charge is 2.25. The molecule has 1 amide bonds. The first-order chi connectivity index (χ1) is 10.3. The van der Waals surface area contributed by atoms with Crippen molar-refractivity contribution in [2.75, 3.05) is 26.5 Å². The quantitative estimate of drug-likeness (QED) is 0.646. The number of hydrogen-bond donors (Lipinski definition) is 2. The number of amides is 1. The highest BCUT2D eigenvalue weighted by Crippen LogP contribution is 2.36. The van der Waals surface area contributed by atoms with E-state index in [9.17, 15) is 19.5 Å². The number of methoxy groups -OCH3 is 1. The predicted octanol–water partition coefficient (Wildman–Crippen LogP) is 1.10. The molecule has 0 aliphatic carbocycles. The molecule has 2 rings (SSSR count). The zero-order chi connectivity index (χ0) is 16.6. The van der Waals surface area contributed by atoms with Gasteiger partial charge in [0.25, 0.3) is 16.8 Å². The Morgan fingerprint density at radius 1 is 1.27 bits per heavy atom. The molecule has 0 spiro atoms. The summed E-state index contributed by atoms with van der Waals surface area (Å²) in [6.45, 7) is 0. The number of phenols is 1. The molecule has 0 aliphatic heterocycles. The molecular formula is C14H13ClN2O5. The molecule has 0 saturated carbocycles. The number of phenolic OH excluding ortho intramolecular Hbond substituents is 1. The smallest absolute Gasteiger partial charge is 0.272 e. The van der Waals surface area contributed by atoms with Crippen LogP contribution in [0, 0.1) is 0 Å². The van der Waals surface area contributed by atoms with E-state index in [0.29, 0.717) is 0 Å². The molecule has 0 radical (unpaired) electrons. The Morgan fingerprint density at radius 3 is 2.45 bits per heavy atom. The summed E-state index contributed by atoms with van der Waals surface area (Å²) < 4.78 is 4.80. The van der Waals surface area contributed by atoms with Gasteiger partial charge in [0.1, 0.15) is 11.3 Å². The number of aromatic hydroxyl groups is 1. The second-order valence-electron chi connectivity index (χ2n) is 4.71. The Hall–Kier alpha value is -2.54. The number of ether oxygens (including phenoxy) is 1. The van der Waals surface area contributed by atoms with Crippen LogP contribution in [-0.2, 0) is 0 Å². The van der Waals surface area contributed by atoms with Crippen molar-refractivity contribution in [3.05, 3.63) is 43.2 Å². The molecule has 0 heterocycles. The molecular weight excluding hydrogens is 312 g/mol. The summed E-state index contributed by atoms with van der Waals surface area (Å²) in [6.07, 6.45) is 0. The van der Waals surface area contributed by atoms with Crippen molar-refractivity contribution < 1.29 is 14.6 Å². The molecule has 0 aromatic heterocycles. The maximum absolute atomic E-state index is 12.0. The third-order valence-electron chi connectivity index (χ3n) is 3.08. The molecule has 2 aromatic carbocycles. The number of rotatable bonds is 4. The van der Waals surface area contributed by atoms with Gasteiger partial charge in [-0.3, -0.25) is 14.4 Å². The van der Waals surface area contributed by atoms with Crippen molar-refractivity contribution in [2.24, 2.45) is 0 Å². The van der Waals surface area contributed by atoms with Gasteiger partial charge in [-0.25, -0.2) is 0 Å². The highest BCUT2D eigenvalue weighted by atomic mass is 35.5. The van der Waals surface area contributed by atoms with Crippen molar-refractivity contribution in [2.45, 2.75) is 0 Å². The van der Waals surface area contributed by atoms with Crippen LogP contribution >= 0.6 is 11.6 Å². The summed E-state index contributed by atoms with van der Waals surface area (Å²) in [5, 5.41) is 12.9. The van der Waals surface area contributed by atoms with Gasteiger partial charge in [0.15, 0.2) is 11.5 Å². The summed E-state index contributed by atoms with van der Waals surface area (Å²) in [5.74, 6) is -1.04. The van der Waals surface area contributed by atoms with Crippen molar-refractivity contribution in [1.29, 1.82) is 0 Å². The number of nitrogens with zero attached hydrogens (tertiary/aromatic N) is 1. The fourth-order valence-corrected chi connectivity index (χ4v) is 2.14. The predicted molar refractivity (Wildman–Crippen MR) is 82.3 cm³/mol. The molecule has 0 aliphatic rings. The molecule has 2 N–H and O–H groups in total. The number of benzene rings is 1. The lowest BCUT2D eigenvalue weighted by atomic mass is 10.1. The third kappa shape index (κ3) is 2.39. The molecule has 0 fully saturated rings. The van der Waals surface area contributed by atoms with Crippen LogP contribution in [0.1, 0.15) is 10.4 Å². The van der Waals surface area contributed by atoms with E-state index in [2.05, 4.69) is 5.32 Å². The number of anilines is 2. The normalized spacial score (nSPS) is 10.5. The minimum Gasteiger partial charge on any atom is -0.505 e. The van der Waals surface area contributed by atoms with Gasteiger partial charge < -0.3 is 20.1 Å². The van der Waals surface area contributed by atoms with E-state index in [1.54, 1.807) is 0 Å². The van der Waals surface area contributed by atoms with E-state index in [1.807, 2.05) is 0 Å². The molecule has 0 unspecified atom stereocenters. The van der Waals surface area contributed by atoms with Gasteiger partial charge in [-0.1, -0.05) is 11.6 Å². The Labute approximate surface area is 130 Å². The van der Waals surface area contributed by atoms with E-state index in [4.69, 9.17) is 16.3 Å². The zero-order valence-corrected chi connectivity index (χ0v) is 12.8. The largest absolute Gasteiger partial charge is 0.505 e. The lowest BCUT2D eigenvalue weighted by molar-refractivity contribution is 0.0825. The van der Waals surface area contributed by atoms with Gasteiger partial charge in [0.05, 0.1) is 17.8 Å². The van der Waals surface area contributed by atoms with Gasteiger partial charge in [0.2, 0.25) is 0 Å². The third-order valence-corrected chi connectivity index (χ3v) is 3.39. The Balaban J connectivity index is 2.48. The SMILES string of the molecule is COc1c(Nc2ccc(Cl)c(C(=O)N(C)C)c2O)c(=O)c1=O. The van der Waals surface area contributed by atoms with Gasteiger partial charge in [-0.15, -0.1) is 0 Å². The minimum atomic E-state index is -0.758. The zero-order valence-electron chi connectivity index (χ0n) is 12.1. The average molecular weight is 325 g/mol. The van der Waals surface area contributed by atoms with Crippen LogP contribution in [0.4, 0.5) is 11.4 Å². The highest BCUT2D eigenvalue weighted by molar-refractivity contribution is 6.34.